The zero-order valence-corrected chi connectivity index (χ0v) is 15.1. The third kappa shape index (κ3) is 3.76. The van der Waals surface area contributed by atoms with E-state index < -0.39 is 5.97 Å². The van der Waals surface area contributed by atoms with Crippen molar-refractivity contribution in [1.82, 2.24) is 9.97 Å². The second-order valence-corrected chi connectivity index (χ2v) is 6.26. The van der Waals surface area contributed by atoms with Crippen molar-refractivity contribution in [3.05, 3.63) is 78.4 Å². The molecule has 28 heavy (non-hydrogen) atoms. The van der Waals surface area contributed by atoms with Crippen LogP contribution in [0.25, 0.3) is 22.4 Å². The summed E-state index contributed by atoms with van der Waals surface area (Å²) < 4.78 is 5.02. The number of hydrogen-bond acceptors (Lipinski definition) is 4. The molecule has 1 aromatic heterocycles. The molecule has 0 spiro atoms. The number of carbonyl (C=O) groups excluding carboxylic acids is 2. The summed E-state index contributed by atoms with van der Waals surface area (Å²) in [5, 5.41) is 2.83. The van der Waals surface area contributed by atoms with E-state index in [9.17, 15) is 9.59 Å². The zero-order valence-electron chi connectivity index (χ0n) is 15.1. The van der Waals surface area contributed by atoms with Crippen LogP contribution in [0.1, 0.15) is 17.3 Å². The van der Waals surface area contributed by atoms with Gasteiger partial charge in [-0.15, -0.1) is 0 Å². The number of para-hydroxylation sites is 2. The fourth-order valence-corrected chi connectivity index (χ4v) is 2.87. The van der Waals surface area contributed by atoms with Crippen LogP contribution in [0.4, 0.5) is 5.69 Å². The molecule has 0 aliphatic heterocycles. The third-order valence-corrected chi connectivity index (χ3v) is 4.16. The monoisotopic (exact) mass is 371 g/mol. The van der Waals surface area contributed by atoms with Crippen LogP contribution < -0.4 is 10.1 Å². The lowest BCUT2D eigenvalue weighted by molar-refractivity contribution is -0.131. The summed E-state index contributed by atoms with van der Waals surface area (Å²) in [5.41, 5.74) is 3.86. The number of hydrogen-bond donors (Lipinski definition) is 2. The number of aromatic amines is 1. The van der Waals surface area contributed by atoms with Crippen LogP contribution in [0.15, 0.2) is 72.8 Å². The molecule has 138 valence electrons. The summed E-state index contributed by atoms with van der Waals surface area (Å²) in [4.78, 5) is 31.4. The lowest BCUT2D eigenvalue weighted by Gasteiger charge is -2.07. The number of imidazole rings is 1. The fourth-order valence-electron chi connectivity index (χ4n) is 2.87. The molecule has 0 bridgehead atoms. The number of carbonyl (C=O) groups is 2. The van der Waals surface area contributed by atoms with Gasteiger partial charge in [0.05, 0.1) is 11.0 Å². The average Bonchev–Trinajstić information content (AvgIpc) is 3.12. The van der Waals surface area contributed by atoms with E-state index in [1.54, 1.807) is 18.2 Å². The Morgan fingerprint density at radius 1 is 0.964 bits per heavy atom. The first-order valence-electron chi connectivity index (χ1n) is 8.73. The fraction of sp³-hybridized carbons (Fsp3) is 0.0455. The van der Waals surface area contributed by atoms with Gasteiger partial charge in [0.25, 0.3) is 5.91 Å². The van der Waals surface area contributed by atoms with Gasteiger partial charge < -0.3 is 15.0 Å². The number of H-pyrrole nitrogens is 1. The first kappa shape index (κ1) is 17.5. The zero-order chi connectivity index (χ0) is 19.5. The Balaban J connectivity index is 1.50. The van der Waals surface area contributed by atoms with E-state index in [1.165, 1.54) is 13.0 Å². The van der Waals surface area contributed by atoms with Crippen molar-refractivity contribution in [3.8, 4) is 17.1 Å². The maximum atomic E-state index is 12.5. The largest absolute Gasteiger partial charge is 0.427 e. The summed E-state index contributed by atoms with van der Waals surface area (Å²) in [7, 11) is 0. The summed E-state index contributed by atoms with van der Waals surface area (Å²) in [6.45, 7) is 1.32. The molecule has 4 rings (SSSR count). The number of nitrogens with zero attached hydrogens (tertiary/aromatic N) is 1. The number of fused-ring (bicyclic) bond motifs is 1. The normalized spacial score (nSPS) is 10.6. The van der Waals surface area contributed by atoms with Crippen LogP contribution in [0, 0.1) is 0 Å². The number of amides is 1. The number of benzene rings is 3. The van der Waals surface area contributed by atoms with Crippen molar-refractivity contribution in [1.29, 1.82) is 0 Å². The second-order valence-electron chi connectivity index (χ2n) is 6.26. The number of rotatable bonds is 4. The Hall–Kier alpha value is -3.93. The first-order chi connectivity index (χ1) is 13.6. The summed E-state index contributed by atoms with van der Waals surface area (Å²) in [6, 6.07) is 21.7. The van der Waals surface area contributed by atoms with Gasteiger partial charge in [-0.25, -0.2) is 4.98 Å². The van der Waals surface area contributed by atoms with E-state index in [0.717, 1.165) is 22.4 Å². The number of esters is 1. The molecule has 0 radical (unpaired) electrons. The van der Waals surface area contributed by atoms with Crippen molar-refractivity contribution in [2.24, 2.45) is 0 Å². The third-order valence-electron chi connectivity index (χ3n) is 4.16. The minimum Gasteiger partial charge on any atom is -0.427 e. The van der Waals surface area contributed by atoms with Gasteiger partial charge >= 0.3 is 5.97 Å². The van der Waals surface area contributed by atoms with Gasteiger partial charge in [0.1, 0.15) is 11.6 Å². The van der Waals surface area contributed by atoms with Crippen LogP contribution in [0.5, 0.6) is 5.75 Å². The highest BCUT2D eigenvalue weighted by atomic mass is 16.5. The number of anilines is 1. The molecule has 6 heteroatoms. The summed E-state index contributed by atoms with van der Waals surface area (Å²) >= 11 is 0. The van der Waals surface area contributed by atoms with E-state index >= 15 is 0 Å². The molecular formula is C22H17N3O3. The van der Waals surface area contributed by atoms with Crippen LogP contribution in [-0.2, 0) is 4.79 Å². The van der Waals surface area contributed by atoms with Gasteiger partial charge in [0.2, 0.25) is 0 Å². The molecule has 4 aromatic rings. The van der Waals surface area contributed by atoms with Gasteiger partial charge in [-0.2, -0.15) is 0 Å². The SMILES string of the molecule is CC(=O)Oc1cccc(C(=O)Nc2ccc(-c3nc4ccccc4[nH]3)cc2)c1. The Bertz CT molecular complexity index is 1130. The highest BCUT2D eigenvalue weighted by molar-refractivity contribution is 6.04. The van der Waals surface area contributed by atoms with Crippen molar-refractivity contribution < 1.29 is 14.3 Å². The van der Waals surface area contributed by atoms with Gasteiger partial charge in [-0.1, -0.05) is 18.2 Å². The summed E-state index contributed by atoms with van der Waals surface area (Å²) in [5.74, 6) is 0.387. The van der Waals surface area contributed by atoms with Crippen molar-refractivity contribution in [2.75, 3.05) is 5.32 Å². The standard InChI is InChI=1S/C22H17N3O3/c1-14(26)28-18-6-4-5-16(13-18)22(27)23-17-11-9-15(10-12-17)21-24-19-7-2-3-8-20(19)25-21/h2-13H,1H3,(H,23,27)(H,24,25). The van der Waals surface area contributed by atoms with Crippen LogP contribution in [-0.4, -0.2) is 21.8 Å². The minimum atomic E-state index is -0.432. The van der Waals surface area contributed by atoms with E-state index in [2.05, 4.69) is 15.3 Å². The van der Waals surface area contributed by atoms with Crippen molar-refractivity contribution in [2.45, 2.75) is 6.92 Å². The minimum absolute atomic E-state index is 0.287. The van der Waals surface area contributed by atoms with E-state index in [-0.39, 0.29) is 5.91 Å². The van der Waals surface area contributed by atoms with Crippen molar-refractivity contribution >= 4 is 28.6 Å². The Labute approximate surface area is 161 Å². The molecule has 0 fully saturated rings. The van der Waals surface area contributed by atoms with Gasteiger partial charge in [-0.3, -0.25) is 9.59 Å². The molecule has 6 nitrogen and oxygen atoms in total. The molecular weight excluding hydrogens is 354 g/mol. The average molecular weight is 371 g/mol. The highest BCUT2D eigenvalue weighted by Gasteiger charge is 2.09. The number of aromatic nitrogens is 2. The Morgan fingerprint density at radius 2 is 1.75 bits per heavy atom. The molecule has 0 aliphatic rings. The molecule has 0 unspecified atom stereocenters. The molecule has 2 N–H and O–H groups in total. The molecule has 0 saturated carbocycles. The molecule has 0 atom stereocenters. The smallest absolute Gasteiger partial charge is 0.308 e. The molecule has 0 aliphatic carbocycles. The highest BCUT2D eigenvalue weighted by Crippen LogP contribution is 2.22. The maximum Gasteiger partial charge on any atom is 0.308 e. The number of ether oxygens (including phenoxy) is 1. The van der Waals surface area contributed by atoms with E-state index in [0.29, 0.717) is 17.0 Å². The van der Waals surface area contributed by atoms with E-state index in [1.807, 2.05) is 48.5 Å². The first-order valence-corrected chi connectivity index (χ1v) is 8.73. The second kappa shape index (κ2) is 7.36. The molecule has 3 aromatic carbocycles. The maximum absolute atomic E-state index is 12.5. The predicted molar refractivity (Wildman–Crippen MR) is 107 cm³/mol. The topological polar surface area (TPSA) is 84.1 Å². The Morgan fingerprint density at radius 3 is 2.50 bits per heavy atom. The van der Waals surface area contributed by atoms with Crippen molar-refractivity contribution in [3.63, 3.8) is 0 Å². The van der Waals surface area contributed by atoms with Crippen LogP contribution >= 0.6 is 0 Å². The predicted octanol–water partition coefficient (Wildman–Crippen LogP) is 4.41. The Kier molecular flexibility index (Phi) is 4.60. The van der Waals surface area contributed by atoms with E-state index in [4.69, 9.17) is 4.74 Å². The summed E-state index contributed by atoms with van der Waals surface area (Å²) in [6.07, 6.45) is 0. The molecule has 0 saturated heterocycles. The number of nitrogens with one attached hydrogen (secondary N) is 2. The van der Waals surface area contributed by atoms with Gasteiger partial charge in [0, 0.05) is 23.7 Å². The lowest BCUT2D eigenvalue weighted by Crippen LogP contribution is -2.12. The van der Waals surface area contributed by atoms with Gasteiger partial charge in [0.15, 0.2) is 0 Å². The molecule has 1 heterocycles. The lowest BCUT2D eigenvalue weighted by atomic mass is 10.1. The van der Waals surface area contributed by atoms with Crippen LogP contribution in [0.3, 0.4) is 0 Å². The molecule has 1 amide bonds. The van der Waals surface area contributed by atoms with Crippen LogP contribution in [0.2, 0.25) is 0 Å². The van der Waals surface area contributed by atoms with Gasteiger partial charge in [-0.05, 0) is 54.6 Å². The quantitative estimate of drug-likeness (QED) is 0.411.